The Kier molecular flexibility index (Phi) is 55.7. The maximum Gasteiger partial charge on any atom is 0.306 e. The predicted octanol–water partition coefficient (Wildman–Crippen LogP) is 20.2. The number of ether oxygens (including phenoxy) is 3. The first-order valence-corrected chi connectivity index (χ1v) is 30.1. The summed E-state index contributed by atoms with van der Waals surface area (Å²) in [6, 6.07) is 0. The minimum absolute atomic E-state index is 0.0925. The minimum atomic E-state index is -0.801. The molecule has 0 heterocycles. The number of esters is 3. The number of unbranched alkanes of at least 4 members (excludes halogenated alkanes) is 36. The van der Waals surface area contributed by atoms with Crippen molar-refractivity contribution in [1.29, 1.82) is 0 Å². The summed E-state index contributed by atoms with van der Waals surface area (Å²) in [5, 5.41) is 0. The zero-order chi connectivity index (χ0) is 50.0. The van der Waals surface area contributed by atoms with E-state index in [1.165, 1.54) is 205 Å². The summed E-state index contributed by atoms with van der Waals surface area (Å²) >= 11 is 0. The van der Waals surface area contributed by atoms with Gasteiger partial charge in [-0.2, -0.15) is 0 Å². The zero-order valence-corrected chi connectivity index (χ0v) is 46.1. The summed E-state index contributed by atoms with van der Waals surface area (Å²) in [6.07, 6.45) is 71.2. The van der Waals surface area contributed by atoms with Crippen molar-refractivity contribution in [1.82, 2.24) is 0 Å². The Hall–Kier alpha value is -2.63. The third-order valence-electron chi connectivity index (χ3n) is 13.3. The van der Waals surface area contributed by atoms with Crippen LogP contribution in [0.15, 0.2) is 48.6 Å². The van der Waals surface area contributed by atoms with Crippen molar-refractivity contribution in [2.24, 2.45) is 0 Å². The molecule has 0 aromatic carbocycles. The van der Waals surface area contributed by atoms with Crippen LogP contribution in [0.2, 0.25) is 0 Å². The van der Waals surface area contributed by atoms with Crippen molar-refractivity contribution in [3.05, 3.63) is 48.6 Å². The molecule has 0 fully saturated rings. The van der Waals surface area contributed by atoms with Crippen LogP contribution in [-0.4, -0.2) is 37.2 Å². The highest BCUT2D eigenvalue weighted by Gasteiger charge is 2.19. The monoisotopic (exact) mass is 967 g/mol. The molecule has 0 amide bonds. The molecule has 0 unspecified atom stereocenters. The second-order valence-corrected chi connectivity index (χ2v) is 20.3. The van der Waals surface area contributed by atoms with Crippen molar-refractivity contribution in [3.63, 3.8) is 0 Å². The predicted molar refractivity (Wildman–Crippen MR) is 298 cm³/mol. The van der Waals surface area contributed by atoms with Crippen LogP contribution in [0.4, 0.5) is 0 Å². The first kappa shape index (κ1) is 66.4. The van der Waals surface area contributed by atoms with E-state index in [0.717, 1.165) is 64.2 Å². The normalized spacial score (nSPS) is 12.3. The van der Waals surface area contributed by atoms with Gasteiger partial charge in [-0.15, -0.1) is 0 Å². The van der Waals surface area contributed by atoms with Gasteiger partial charge in [0.05, 0.1) is 0 Å². The van der Waals surface area contributed by atoms with Gasteiger partial charge in [-0.05, 0) is 77.0 Å². The fourth-order valence-corrected chi connectivity index (χ4v) is 8.75. The van der Waals surface area contributed by atoms with Gasteiger partial charge in [-0.25, -0.2) is 0 Å². The van der Waals surface area contributed by atoms with E-state index < -0.39 is 6.10 Å². The quantitative estimate of drug-likeness (QED) is 0.0262. The molecule has 0 spiro atoms. The number of rotatable bonds is 55. The van der Waals surface area contributed by atoms with E-state index in [-0.39, 0.29) is 37.5 Å². The Morgan fingerprint density at radius 1 is 0.290 bits per heavy atom. The molecule has 6 heteroatoms. The molecule has 1 atom stereocenters. The van der Waals surface area contributed by atoms with E-state index in [2.05, 4.69) is 69.4 Å². The van der Waals surface area contributed by atoms with Gasteiger partial charge in [0.1, 0.15) is 13.2 Å². The van der Waals surface area contributed by atoms with E-state index in [1.54, 1.807) is 0 Å². The number of carbonyl (C=O) groups excluding carboxylic acids is 3. The molecule has 402 valence electrons. The minimum Gasteiger partial charge on any atom is -0.462 e. The van der Waals surface area contributed by atoms with E-state index in [1.807, 2.05) is 0 Å². The average Bonchev–Trinajstić information content (AvgIpc) is 3.35. The maximum atomic E-state index is 12.8. The van der Waals surface area contributed by atoms with Gasteiger partial charge in [0.25, 0.3) is 0 Å². The topological polar surface area (TPSA) is 78.9 Å². The van der Waals surface area contributed by atoms with Crippen LogP contribution >= 0.6 is 0 Å². The third kappa shape index (κ3) is 56.2. The highest BCUT2D eigenvalue weighted by atomic mass is 16.6. The SMILES string of the molecule is CCCCCC/C=C\CCCCCCCC(=O)OC[C@H](COC(=O)CCCCCCCCCCCCCCCCCCCCCCC)OC(=O)CCC/C=C\C/C=C\C/C=C\CCCCCCCC. The lowest BCUT2D eigenvalue weighted by atomic mass is 10.0. The molecule has 0 rings (SSSR count). The molecule has 0 N–H and O–H groups in total. The standard InChI is InChI=1S/C63H114O6/c1-4-7-10-13-16-19-22-25-27-29-30-31-32-34-35-38-41-44-47-50-53-56-62(65)68-59-60(58-67-61(64)55-52-49-46-43-40-37-24-21-18-15-12-9-6-3)69-63(66)57-54-51-48-45-42-39-36-33-28-26-23-20-17-14-11-8-5-2/h21,24,26,28,36,39,45,48,60H,4-20,22-23,25,27,29-35,37-38,40-44,46-47,49-59H2,1-3H3/b24-21-,28-26-,39-36-,48-45-/t60-/m1/s1. The van der Waals surface area contributed by atoms with Gasteiger partial charge in [0.2, 0.25) is 0 Å². The summed E-state index contributed by atoms with van der Waals surface area (Å²) in [7, 11) is 0. The zero-order valence-electron chi connectivity index (χ0n) is 46.1. The average molecular weight is 968 g/mol. The van der Waals surface area contributed by atoms with Crippen LogP contribution in [0, 0.1) is 0 Å². The largest absolute Gasteiger partial charge is 0.462 e. The molecule has 0 saturated carbocycles. The van der Waals surface area contributed by atoms with Crippen molar-refractivity contribution in [2.45, 2.75) is 322 Å². The molecule has 69 heavy (non-hydrogen) atoms. The Balaban J connectivity index is 4.36. The molecule has 0 aliphatic rings. The number of hydrogen-bond acceptors (Lipinski definition) is 6. The molecule has 0 aliphatic carbocycles. The molecule has 0 radical (unpaired) electrons. The summed E-state index contributed by atoms with van der Waals surface area (Å²) in [6.45, 7) is 6.61. The van der Waals surface area contributed by atoms with Crippen molar-refractivity contribution in [3.8, 4) is 0 Å². The molecular weight excluding hydrogens is 853 g/mol. The molecule has 0 aliphatic heterocycles. The van der Waals surface area contributed by atoms with Crippen LogP contribution < -0.4 is 0 Å². The molecule has 0 saturated heterocycles. The van der Waals surface area contributed by atoms with Gasteiger partial charge in [0, 0.05) is 19.3 Å². The summed E-state index contributed by atoms with van der Waals surface area (Å²) < 4.78 is 16.8. The number of carbonyl (C=O) groups is 3. The second-order valence-electron chi connectivity index (χ2n) is 20.3. The van der Waals surface area contributed by atoms with Crippen LogP contribution in [-0.2, 0) is 28.6 Å². The van der Waals surface area contributed by atoms with E-state index in [9.17, 15) is 14.4 Å². The lowest BCUT2D eigenvalue weighted by molar-refractivity contribution is -0.167. The Morgan fingerprint density at radius 3 is 0.884 bits per heavy atom. The van der Waals surface area contributed by atoms with Gasteiger partial charge < -0.3 is 14.2 Å². The summed E-state index contributed by atoms with van der Waals surface area (Å²) in [4.78, 5) is 38.1. The Morgan fingerprint density at radius 2 is 0.536 bits per heavy atom. The molecule has 0 bridgehead atoms. The van der Waals surface area contributed by atoms with Gasteiger partial charge in [0.15, 0.2) is 6.10 Å². The number of allylic oxidation sites excluding steroid dienone is 8. The van der Waals surface area contributed by atoms with Crippen LogP contribution in [0.1, 0.15) is 316 Å². The molecule has 0 aromatic rings. The van der Waals surface area contributed by atoms with Crippen LogP contribution in [0.3, 0.4) is 0 Å². The summed E-state index contributed by atoms with van der Waals surface area (Å²) in [5.41, 5.74) is 0. The lowest BCUT2D eigenvalue weighted by Crippen LogP contribution is -2.30. The van der Waals surface area contributed by atoms with Crippen LogP contribution in [0.25, 0.3) is 0 Å². The summed E-state index contributed by atoms with van der Waals surface area (Å²) in [5.74, 6) is -0.939. The Bertz CT molecular complexity index is 1200. The fraction of sp³-hybridized carbons (Fsp3) is 0.825. The van der Waals surface area contributed by atoms with Gasteiger partial charge >= 0.3 is 17.9 Å². The lowest BCUT2D eigenvalue weighted by Gasteiger charge is -2.18. The first-order valence-electron chi connectivity index (χ1n) is 30.1. The second kappa shape index (κ2) is 57.9. The third-order valence-corrected chi connectivity index (χ3v) is 13.3. The van der Waals surface area contributed by atoms with Crippen molar-refractivity contribution in [2.75, 3.05) is 13.2 Å². The maximum absolute atomic E-state index is 12.8. The Labute approximate surface area is 428 Å². The van der Waals surface area contributed by atoms with Gasteiger partial charge in [-0.3, -0.25) is 14.4 Å². The fourth-order valence-electron chi connectivity index (χ4n) is 8.75. The van der Waals surface area contributed by atoms with E-state index >= 15 is 0 Å². The van der Waals surface area contributed by atoms with Gasteiger partial charge in [-0.1, -0.05) is 268 Å². The van der Waals surface area contributed by atoms with Crippen LogP contribution in [0.5, 0.6) is 0 Å². The molecular formula is C63H114O6. The highest BCUT2D eigenvalue weighted by molar-refractivity contribution is 5.71. The molecule has 0 aromatic heterocycles. The molecule has 6 nitrogen and oxygen atoms in total. The smallest absolute Gasteiger partial charge is 0.306 e. The highest BCUT2D eigenvalue weighted by Crippen LogP contribution is 2.17. The van der Waals surface area contributed by atoms with E-state index in [0.29, 0.717) is 19.3 Å². The van der Waals surface area contributed by atoms with Crippen molar-refractivity contribution < 1.29 is 28.6 Å². The number of hydrogen-bond donors (Lipinski definition) is 0. The first-order chi connectivity index (χ1) is 34.0. The van der Waals surface area contributed by atoms with Crippen molar-refractivity contribution >= 4 is 17.9 Å². The van der Waals surface area contributed by atoms with E-state index in [4.69, 9.17) is 14.2 Å².